The molecular weight excluding hydrogens is 372 g/mol. The van der Waals surface area contributed by atoms with Crippen LogP contribution in [0.4, 0.5) is 0 Å². The first-order chi connectivity index (χ1) is 13.6. The summed E-state index contributed by atoms with van der Waals surface area (Å²) in [5.41, 5.74) is -0.557. The number of aliphatic hydroxyl groups is 1. The number of fused-ring (bicyclic) bond motifs is 2. The third-order valence-electron chi connectivity index (χ3n) is 5.56. The van der Waals surface area contributed by atoms with E-state index < -0.39 is 29.9 Å². The van der Waals surface area contributed by atoms with Gasteiger partial charge in [-0.3, -0.25) is 4.79 Å². The SMILES string of the molecule is COC(=O)C1(CO)CC(OC)(OC)C2OCOC2=C1c1cccc2c1OCO2. The average Bonchev–Trinajstić information content (AvgIpc) is 3.41. The molecular formula is C19H22O9. The number of hydrogen-bond acceptors (Lipinski definition) is 9. The molecule has 2 aliphatic heterocycles. The molecule has 28 heavy (non-hydrogen) atoms. The molecule has 3 aliphatic rings. The van der Waals surface area contributed by atoms with E-state index in [0.717, 1.165) is 0 Å². The molecule has 152 valence electrons. The highest BCUT2D eigenvalue weighted by Crippen LogP contribution is 2.57. The Balaban J connectivity index is 2.02. The Hall–Kier alpha value is -2.33. The maximum Gasteiger partial charge on any atom is 0.319 e. The number of rotatable bonds is 5. The number of methoxy groups -OCH3 is 3. The zero-order valence-corrected chi connectivity index (χ0v) is 15.9. The summed E-state index contributed by atoms with van der Waals surface area (Å²) in [6, 6.07) is 5.31. The van der Waals surface area contributed by atoms with Gasteiger partial charge >= 0.3 is 5.97 Å². The number of carbonyl (C=O) groups excluding carboxylic acids is 1. The zero-order valence-electron chi connectivity index (χ0n) is 15.9. The van der Waals surface area contributed by atoms with E-state index in [4.69, 9.17) is 33.2 Å². The van der Waals surface area contributed by atoms with Gasteiger partial charge in [0.2, 0.25) is 12.6 Å². The van der Waals surface area contributed by atoms with Crippen LogP contribution in [0.15, 0.2) is 24.0 Å². The van der Waals surface area contributed by atoms with Crippen molar-refractivity contribution in [3.8, 4) is 11.5 Å². The molecule has 9 heteroatoms. The van der Waals surface area contributed by atoms with E-state index in [-0.39, 0.29) is 20.0 Å². The number of ether oxygens (including phenoxy) is 7. The predicted octanol–water partition coefficient (Wildman–Crippen LogP) is 1.04. The molecule has 0 aromatic heterocycles. The largest absolute Gasteiger partial charge is 0.469 e. The maximum atomic E-state index is 13.0. The molecule has 0 radical (unpaired) electrons. The van der Waals surface area contributed by atoms with Gasteiger partial charge in [-0.05, 0) is 6.07 Å². The summed E-state index contributed by atoms with van der Waals surface area (Å²) >= 11 is 0. The summed E-state index contributed by atoms with van der Waals surface area (Å²) in [5, 5.41) is 10.5. The fraction of sp³-hybridized carbons (Fsp3) is 0.526. The van der Waals surface area contributed by atoms with E-state index in [1.165, 1.54) is 21.3 Å². The first-order valence-electron chi connectivity index (χ1n) is 8.74. The Labute approximate surface area is 161 Å². The van der Waals surface area contributed by atoms with Crippen LogP contribution in [0, 0.1) is 5.41 Å². The van der Waals surface area contributed by atoms with Crippen LogP contribution >= 0.6 is 0 Å². The second-order valence-electron chi connectivity index (χ2n) is 6.72. The number of esters is 1. The minimum atomic E-state index is -1.53. The Morgan fingerprint density at radius 3 is 2.64 bits per heavy atom. The first kappa shape index (κ1) is 19.0. The fourth-order valence-corrected chi connectivity index (χ4v) is 4.21. The topological polar surface area (TPSA) is 102 Å². The van der Waals surface area contributed by atoms with Crippen LogP contribution in [-0.2, 0) is 28.5 Å². The van der Waals surface area contributed by atoms with Crippen molar-refractivity contribution in [1.82, 2.24) is 0 Å². The smallest absolute Gasteiger partial charge is 0.319 e. The number of hydrogen-bond donors (Lipinski definition) is 1. The molecule has 0 bridgehead atoms. The second kappa shape index (κ2) is 6.93. The lowest BCUT2D eigenvalue weighted by atomic mass is 9.66. The zero-order chi connectivity index (χ0) is 19.9. The summed E-state index contributed by atoms with van der Waals surface area (Å²) in [5.74, 6) is -0.669. The van der Waals surface area contributed by atoms with Gasteiger partial charge in [0, 0.05) is 31.8 Å². The molecule has 0 saturated carbocycles. The standard InChI is InChI=1S/C19H22O9/c1-22-17(21)18(8-20)7-19(23-2,24-3)16-15(27-10-28-16)13(18)11-5-4-6-12-14(11)26-9-25-12/h4-6,16,20H,7-10H2,1-3H3. The van der Waals surface area contributed by atoms with Gasteiger partial charge in [0.05, 0.1) is 13.7 Å². The van der Waals surface area contributed by atoms with Crippen molar-refractivity contribution in [2.24, 2.45) is 5.41 Å². The van der Waals surface area contributed by atoms with Crippen molar-refractivity contribution in [3.63, 3.8) is 0 Å². The van der Waals surface area contributed by atoms with Crippen LogP contribution in [0.1, 0.15) is 12.0 Å². The predicted molar refractivity (Wildman–Crippen MR) is 93.2 cm³/mol. The van der Waals surface area contributed by atoms with Crippen molar-refractivity contribution >= 4 is 11.5 Å². The summed E-state index contributed by atoms with van der Waals surface area (Å²) in [6.07, 6.45) is -0.784. The molecule has 1 aromatic rings. The van der Waals surface area contributed by atoms with Gasteiger partial charge < -0.3 is 38.3 Å². The molecule has 4 rings (SSSR count). The van der Waals surface area contributed by atoms with Crippen molar-refractivity contribution in [2.75, 3.05) is 41.5 Å². The first-order valence-corrected chi connectivity index (χ1v) is 8.74. The van der Waals surface area contributed by atoms with Gasteiger partial charge in [-0.15, -0.1) is 0 Å². The lowest BCUT2D eigenvalue weighted by Gasteiger charge is -2.46. The molecule has 1 N–H and O–H groups in total. The summed E-state index contributed by atoms with van der Waals surface area (Å²) in [7, 11) is 4.16. The van der Waals surface area contributed by atoms with E-state index in [1.54, 1.807) is 18.2 Å². The molecule has 1 aromatic carbocycles. The molecule has 1 saturated heterocycles. The summed E-state index contributed by atoms with van der Waals surface area (Å²) in [6.45, 7) is -0.555. The van der Waals surface area contributed by atoms with Gasteiger partial charge in [-0.25, -0.2) is 0 Å². The second-order valence-corrected chi connectivity index (χ2v) is 6.72. The van der Waals surface area contributed by atoms with E-state index >= 15 is 0 Å². The minimum absolute atomic E-state index is 0.0481. The fourth-order valence-electron chi connectivity index (χ4n) is 4.21. The van der Waals surface area contributed by atoms with Crippen LogP contribution in [0.2, 0.25) is 0 Å². The van der Waals surface area contributed by atoms with Gasteiger partial charge in [0.15, 0.2) is 24.4 Å². The monoisotopic (exact) mass is 394 g/mol. The van der Waals surface area contributed by atoms with E-state index in [1.807, 2.05) is 0 Å². The lowest BCUT2D eigenvalue weighted by molar-refractivity contribution is -0.270. The molecule has 2 unspecified atom stereocenters. The van der Waals surface area contributed by atoms with Crippen LogP contribution in [0.25, 0.3) is 5.57 Å². The highest BCUT2D eigenvalue weighted by atomic mass is 16.8. The summed E-state index contributed by atoms with van der Waals surface area (Å²) < 4.78 is 39.0. The lowest BCUT2D eigenvalue weighted by Crippen LogP contribution is -2.57. The summed E-state index contributed by atoms with van der Waals surface area (Å²) in [4.78, 5) is 13.0. The number of carbonyl (C=O) groups is 1. The van der Waals surface area contributed by atoms with Gasteiger partial charge in [0.25, 0.3) is 0 Å². The van der Waals surface area contributed by atoms with E-state index in [9.17, 15) is 9.90 Å². The van der Waals surface area contributed by atoms with Crippen molar-refractivity contribution in [2.45, 2.75) is 18.3 Å². The maximum absolute atomic E-state index is 13.0. The Morgan fingerprint density at radius 1 is 1.18 bits per heavy atom. The third-order valence-corrected chi connectivity index (χ3v) is 5.56. The molecule has 9 nitrogen and oxygen atoms in total. The number of aliphatic hydroxyl groups excluding tert-OH is 1. The average molecular weight is 394 g/mol. The Kier molecular flexibility index (Phi) is 4.70. The highest BCUT2D eigenvalue weighted by molar-refractivity contribution is 5.97. The number of para-hydroxylation sites is 1. The van der Waals surface area contributed by atoms with Crippen molar-refractivity contribution in [1.29, 1.82) is 0 Å². The highest BCUT2D eigenvalue weighted by Gasteiger charge is 2.63. The van der Waals surface area contributed by atoms with Crippen molar-refractivity contribution in [3.05, 3.63) is 29.5 Å². The molecule has 2 atom stereocenters. The molecule has 0 spiro atoms. The Morgan fingerprint density at radius 2 is 1.96 bits per heavy atom. The molecule has 1 aliphatic carbocycles. The van der Waals surface area contributed by atoms with Gasteiger partial charge in [0.1, 0.15) is 11.2 Å². The molecule has 0 amide bonds. The molecule has 1 fully saturated rings. The van der Waals surface area contributed by atoms with Gasteiger partial charge in [-0.2, -0.15) is 0 Å². The van der Waals surface area contributed by atoms with E-state index in [2.05, 4.69) is 0 Å². The number of benzene rings is 1. The minimum Gasteiger partial charge on any atom is -0.469 e. The third kappa shape index (κ3) is 2.44. The Bertz CT molecular complexity index is 814. The normalized spacial score (nSPS) is 27.4. The van der Waals surface area contributed by atoms with Crippen LogP contribution in [-0.4, -0.2) is 64.5 Å². The quantitative estimate of drug-likeness (QED) is 0.580. The van der Waals surface area contributed by atoms with Gasteiger partial charge in [-0.1, -0.05) is 12.1 Å². The van der Waals surface area contributed by atoms with Crippen LogP contribution < -0.4 is 9.47 Å². The van der Waals surface area contributed by atoms with Crippen LogP contribution in [0.5, 0.6) is 11.5 Å². The molecule has 2 heterocycles. The van der Waals surface area contributed by atoms with Crippen molar-refractivity contribution < 1.29 is 43.1 Å². The van der Waals surface area contributed by atoms with E-state index in [0.29, 0.717) is 28.4 Å². The van der Waals surface area contributed by atoms with Crippen LogP contribution in [0.3, 0.4) is 0 Å².